The predicted molar refractivity (Wildman–Crippen MR) is 119 cm³/mol. The number of imide groups is 1. The van der Waals surface area contributed by atoms with E-state index in [1.807, 2.05) is 4.90 Å². The summed E-state index contributed by atoms with van der Waals surface area (Å²) < 4.78 is 0. The summed E-state index contributed by atoms with van der Waals surface area (Å²) in [6, 6.07) is 8.49. The van der Waals surface area contributed by atoms with Gasteiger partial charge in [-0.2, -0.15) is 0 Å². The molecule has 2 aliphatic heterocycles. The predicted octanol–water partition coefficient (Wildman–Crippen LogP) is 3.81. The van der Waals surface area contributed by atoms with Gasteiger partial charge in [-0.1, -0.05) is 42.7 Å². The summed E-state index contributed by atoms with van der Waals surface area (Å²) in [5.74, 6) is 0.746. The topological polar surface area (TPSA) is 69.7 Å². The minimum Gasteiger partial charge on any atom is -0.343 e. The van der Waals surface area contributed by atoms with Gasteiger partial charge in [0.2, 0.25) is 5.91 Å². The standard InChI is InChI=1S/C25H35N3O3/c1-19-6-8-20(9-7-19)10-11-21-12-17-27(18-13-21)22(29)5-4-16-28-23(30)25(26-24(28)31)14-2-3-15-25/h6-9,21H,2-5,10-18H2,1H3,(H,26,31). The van der Waals surface area contributed by atoms with E-state index < -0.39 is 5.54 Å². The summed E-state index contributed by atoms with van der Waals surface area (Å²) in [5, 5.41) is 2.90. The van der Waals surface area contributed by atoms with Gasteiger partial charge in [0.05, 0.1) is 0 Å². The lowest BCUT2D eigenvalue weighted by atomic mass is 9.90. The maximum atomic E-state index is 12.7. The Morgan fingerprint density at radius 3 is 2.45 bits per heavy atom. The van der Waals surface area contributed by atoms with Crippen LogP contribution in [0.1, 0.15) is 68.9 Å². The molecule has 6 nitrogen and oxygen atoms in total. The smallest absolute Gasteiger partial charge is 0.325 e. The van der Waals surface area contributed by atoms with Crippen molar-refractivity contribution >= 4 is 17.8 Å². The molecule has 1 aromatic carbocycles. The van der Waals surface area contributed by atoms with Crippen molar-refractivity contribution in [3.05, 3.63) is 35.4 Å². The second-order valence-electron chi connectivity index (χ2n) is 9.63. The maximum Gasteiger partial charge on any atom is 0.325 e. The van der Waals surface area contributed by atoms with Gasteiger partial charge in [-0.25, -0.2) is 4.79 Å². The number of piperidine rings is 1. The van der Waals surface area contributed by atoms with E-state index in [0.29, 0.717) is 25.3 Å². The molecule has 1 N–H and O–H groups in total. The molecule has 2 saturated heterocycles. The molecule has 6 heteroatoms. The van der Waals surface area contributed by atoms with Crippen molar-refractivity contribution in [1.82, 2.24) is 15.1 Å². The molecule has 168 valence electrons. The van der Waals surface area contributed by atoms with E-state index in [4.69, 9.17) is 0 Å². The Balaban J connectivity index is 1.15. The fourth-order valence-corrected chi connectivity index (χ4v) is 5.34. The van der Waals surface area contributed by atoms with Crippen LogP contribution in [0.5, 0.6) is 0 Å². The monoisotopic (exact) mass is 425 g/mol. The van der Waals surface area contributed by atoms with Crippen molar-refractivity contribution in [3.63, 3.8) is 0 Å². The first-order valence-corrected chi connectivity index (χ1v) is 11.9. The Bertz CT molecular complexity index is 806. The first kappa shape index (κ1) is 21.8. The Morgan fingerprint density at radius 1 is 1.10 bits per heavy atom. The van der Waals surface area contributed by atoms with Gasteiger partial charge >= 0.3 is 6.03 Å². The second kappa shape index (κ2) is 9.41. The lowest BCUT2D eigenvalue weighted by Crippen LogP contribution is -2.44. The van der Waals surface area contributed by atoms with Crippen LogP contribution in [0, 0.1) is 12.8 Å². The molecule has 0 atom stereocenters. The van der Waals surface area contributed by atoms with Gasteiger partial charge in [0.25, 0.3) is 5.91 Å². The van der Waals surface area contributed by atoms with Crippen LogP contribution in [0.3, 0.4) is 0 Å². The molecule has 3 aliphatic rings. The van der Waals surface area contributed by atoms with Crippen LogP contribution in [-0.4, -0.2) is 52.8 Å². The molecule has 0 bridgehead atoms. The number of carbonyl (C=O) groups excluding carboxylic acids is 3. The molecule has 4 amide bonds. The van der Waals surface area contributed by atoms with Gasteiger partial charge in [0.1, 0.15) is 5.54 Å². The van der Waals surface area contributed by atoms with Crippen LogP contribution in [0.15, 0.2) is 24.3 Å². The average Bonchev–Trinajstić information content (AvgIpc) is 3.33. The summed E-state index contributed by atoms with van der Waals surface area (Å²) >= 11 is 0. The number of nitrogens with zero attached hydrogens (tertiary/aromatic N) is 2. The van der Waals surface area contributed by atoms with Crippen LogP contribution in [0.4, 0.5) is 4.79 Å². The van der Waals surface area contributed by atoms with E-state index in [1.54, 1.807) is 0 Å². The van der Waals surface area contributed by atoms with Gasteiger partial charge in [0.15, 0.2) is 0 Å². The fourth-order valence-electron chi connectivity index (χ4n) is 5.34. The summed E-state index contributed by atoms with van der Waals surface area (Å²) in [6.45, 7) is 4.10. The highest BCUT2D eigenvalue weighted by atomic mass is 16.2. The second-order valence-corrected chi connectivity index (χ2v) is 9.63. The van der Waals surface area contributed by atoms with Crippen molar-refractivity contribution in [1.29, 1.82) is 0 Å². The molecule has 1 saturated carbocycles. The van der Waals surface area contributed by atoms with E-state index in [2.05, 4.69) is 36.5 Å². The first-order valence-electron chi connectivity index (χ1n) is 11.9. The quantitative estimate of drug-likeness (QED) is 0.676. The zero-order valence-corrected chi connectivity index (χ0v) is 18.7. The molecule has 0 radical (unpaired) electrons. The highest BCUT2D eigenvalue weighted by molar-refractivity contribution is 6.07. The number of likely N-dealkylation sites (tertiary alicyclic amines) is 1. The molecule has 31 heavy (non-hydrogen) atoms. The van der Waals surface area contributed by atoms with Crippen molar-refractivity contribution in [2.45, 2.75) is 76.7 Å². The molecule has 1 spiro atoms. The van der Waals surface area contributed by atoms with Crippen molar-refractivity contribution < 1.29 is 14.4 Å². The molecular weight excluding hydrogens is 390 g/mol. The third-order valence-corrected chi connectivity index (χ3v) is 7.40. The minimum absolute atomic E-state index is 0.0863. The van der Waals surface area contributed by atoms with E-state index in [9.17, 15) is 14.4 Å². The summed E-state index contributed by atoms with van der Waals surface area (Å²) in [7, 11) is 0. The fraction of sp³-hybridized carbons (Fsp3) is 0.640. The first-order chi connectivity index (χ1) is 15.0. The molecule has 1 aliphatic carbocycles. The van der Waals surface area contributed by atoms with Crippen LogP contribution >= 0.6 is 0 Å². The third kappa shape index (κ3) is 4.94. The highest BCUT2D eigenvalue weighted by Gasteiger charge is 2.52. The highest BCUT2D eigenvalue weighted by Crippen LogP contribution is 2.35. The lowest BCUT2D eigenvalue weighted by Gasteiger charge is -2.32. The summed E-state index contributed by atoms with van der Waals surface area (Å²) in [4.78, 5) is 40.8. The molecule has 3 fully saturated rings. The van der Waals surface area contributed by atoms with Crippen LogP contribution in [0.2, 0.25) is 0 Å². The van der Waals surface area contributed by atoms with Gasteiger partial charge < -0.3 is 10.2 Å². The molecule has 4 rings (SSSR count). The number of rotatable bonds is 7. The van der Waals surface area contributed by atoms with Crippen molar-refractivity contribution in [2.75, 3.05) is 19.6 Å². The minimum atomic E-state index is -0.651. The van der Waals surface area contributed by atoms with Crippen LogP contribution in [-0.2, 0) is 16.0 Å². The number of hydrogen-bond donors (Lipinski definition) is 1. The molecule has 0 aromatic heterocycles. The maximum absolute atomic E-state index is 12.7. The van der Waals surface area contributed by atoms with Crippen LogP contribution in [0.25, 0.3) is 0 Å². The van der Waals surface area contributed by atoms with Crippen molar-refractivity contribution in [3.8, 4) is 0 Å². The number of benzene rings is 1. The molecule has 0 unspecified atom stereocenters. The Labute approximate surface area is 185 Å². The number of nitrogens with one attached hydrogen (secondary N) is 1. The molecule has 2 heterocycles. The molecular formula is C25H35N3O3. The lowest BCUT2D eigenvalue weighted by molar-refractivity contribution is -0.134. The van der Waals surface area contributed by atoms with E-state index in [0.717, 1.165) is 58.0 Å². The summed E-state index contributed by atoms with van der Waals surface area (Å²) in [6.07, 6.45) is 8.81. The Morgan fingerprint density at radius 2 is 1.77 bits per heavy atom. The number of amides is 4. The van der Waals surface area contributed by atoms with Crippen LogP contribution < -0.4 is 5.32 Å². The van der Waals surface area contributed by atoms with Crippen molar-refractivity contribution in [2.24, 2.45) is 5.92 Å². The van der Waals surface area contributed by atoms with Gasteiger partial charge in [-0.15, -0.1) is 0 Å². The Kier molecular flexibility index (Phi) is 6.63. The zero-order valence-electron chi connectivity index (χ0n) is 18.7. The molecule has 1 aromatic rings. The van der Waals surface area contributed by atoms with E-state index in [1.165, 1.54) is 22.4 Å². The SMILES string of the molecule is Cc1ccc(CCC2CCN(C(=O)CCCN3C(=O)NC4(CCCC4)C3=O)CC2)cc1. The van der Waals surface area contributed by atoms with E-state index >= 15 is 0 Å². The zero-order chi connectivity index (χ0) is 21.8. The van der Waals surface area contributed by atoms with Gasteiger partial charge in [0, 0.05) is 26.1 Å². The number of aryl methyl sites for hydroxylation is 2. The number of urea groups is 1. The van der Waals surface area contributed by atoms with Gasteiger partial charge in [-0.3, -0.25) is 14.5 Å². The number of carbonyl (C=O) groups is 3. The Hall–Kier alpha value is -2.37. The third-order valence-electron chi connectivity index (χ3n) is 7.40. The number of hydrogen-bond acceptors (Lipinski definition) is 3. The summed E-state index contributed by atoms with van der Waals surface area (Å²) in [5.41, 5.74) is 2.04. The average molecular weight is 426 g/mol. The van der Waals surface area contributed by atoms with E-state index in [-0.39, 0.29) is 17.8 Å². The van der Waals surface area contributed by atoms with Gasteiger partial charge in [-0.05, 0) is 63.4 Å². The normalized spacial score (nSPS) is 21.2. The largest absolute Gasteiger partial charge is 0.343 e.